The quantitative estimate of drug-likeness (QED) is 0.224. The van der Waals surface area contributed by atoms with Crippen LogP contribution in [0, 0.1) is 27.7 Å². The fourth-order valence-electron chi connectivity index (χ4n) is 6.43. The maximum atomic E-state index is 6.39. The van der Waals surface area contributed by atoms with Crippen LogP contribution in [0.3, 0.4) is 0 Å². The van der Waals surface area contributed by atoms with E-state index in [1.54, 1.807) is 14.2 Å². The van der Waals surface area contributed by atoms with Crippen molar-refractivity contribution in [1.29, 1.82) is 0 Å². The number of methoxy groups -OCH3 is 2. The van der Waals surface area contributed by atoms with E-state index in [0.717, 1.165) is 44.5 Å². The Kier molecular flexibility index (Phi) is 6.56. The van der Waals surface area contributed by atoms with Crippen molar-refractivity contribution in [3.63, 3.8) is 0 Å². The van der Waals surface area contributed by atoms with Crippen LogP contribution in [0.15, 0.2) is 97.1 Å². The van der Waals surface area contributed by atoms with E-state index in [2.05, 4.69) is 125 Å². The molecule has 0 heterocycles. The number of benzene rings is 6. The number of hydrogen-bond acceptors (Lipinski definition) is 2. The lowest BCUT2D eigenvalue weighted by molar-refractivity contribution is 0.413. The molecule has 0 fully saturated rings. The Hall–Kier alpha value is -4.56. The van der Waals surface area contributed by atoms with Gasteiger partial charge in [-0.25, -0.2) is 0 Å². The maximum absolute atomic E-state index is 6.39. The van der Waals surface area contributed by atoms with Gasteiger partial charge in [-0.1, -0.05) is 84.9 Å². The average molecular weight is 523 g/mol. The molecular weight excluding hydrogens is 488 g/mol. The van der Waals surface area contributed by atoms with Crippen molar-refractivity contribution in [3.05, 3.63) is 119 Å². The largest absolute Gasteiger partial charge is 0.495 e. The Labute approximate surface area is 236 Å². The summed E-state index contributed by atoms with van der Waals surface area (Å²) >= 11 is 0. The van der Waals surface area contributed by atoms with Crippen molar-refractivity contribution in [3.8, 4) is 44.9 Å². The number of aryl methyl sites for hydroxylation is 4. The van der Waals surface area contributed by atoms with E-state index >= 15 is 0 Å². The molecule has 0 unspecified atom stereocenters. The van der Waals surface area contributed by atoms with Crippen molar-refractivity contribution in [2.75, 3.05) is 14.2 Å². The monoisotopic (exact) mass is 522 g/mol. The third kappa shape index (κ3) is 4.03. The molecule has 198 valence electrons. The number of hydrogen-bond donors (Lipinski definition) is 0. The van der Waals surface area contributed by atoms with Crippen LogP contribution in [0.1, 0.15) is 22.3 Å². The summed E-state index contributed by atoms with van der Waals surface area (Å²) in [6.45, 7) is 8.70. The fraction of sp³-hybridized carbons (Fsp3) is 0.158. The van der Waals surface area contributed by atoms with Gasteiger partial charge in [-0.2, -0.15) is 0 Å². The molecule has 0 radical (unpaired) electrons. The summed E-state index contributed by atoms with van der Waals surface area (Å²) in [5, 5.41) is 4.60. The topological polar surface area (TPSA) is 18.5 Å². The second kappa shape index (κ2) is 10.2. The van der Waals surface area contributed by atoms with E-state index in [0.29, 0.717) is 0 Å². The predicted octanol–water partition coefficient (Wildman–Crippen LogP) is 10.2. The Morgan fingerprint density at radius 3 is 1.10 bits per heavy atom. The summed E-state index contributed by atoms with van der Waals surface area (Å²) in [6, 6.07) is 34.7. The molecule has 6 rings (SSSR count). The highest BCUT2D eigenvalue weighted by Crippen LogP contribution is 2.53. The van der Waals surface area contributed by atoms with Gasteiger partial charge in [-0.3, -0.25) is 0 Å². The van der Waals surface area contributed by atoms with Crippen molar-refractivity contribution >= 4 is 21.5 Å². The summed E-state index contributed by atoms with van der Waals surface area (Å²) in [6.07, 6.45) is 0. The molecule has 0 N–H and O–H groups in total. The van der Waals surface area contributed by atoms with Crippen LogP contribution in [0.25, 0.3) is 54.9 Å². The van der Waals surface area contributed by atoms with E-state index in [9.17, 15) is 0 Å². The SMILES string of the molecule is COc1c(-c2c(C)cccc2C)cc2ccccc2c1-c1c(OC)c(-c2c(C)cccc2C)cc2ccccc12. The van der Waals surface area contributed by atoms with E-state index in [4.69, 9.17) is 9.47 Å². The summed E-state index contributed by atoms with van der Waals surface area (Å²) in [4.78, 5) is 0. The van der Waals surface area contributed by atoms with Crippen molar-refractivity contribution in [2.45, 2.75) is 27.7 Å². The first-order valence-corrected chi connectivity index (χ1v) is 13.8. The zero-order valence-electron chi connectivity index (χ0n) is 24.1. The molecule has 0 spiro atoms. The molecule has 0 aliphatic heterocycles. The standard InChI is InChI=1S/C38H34O2/c1-23-13-11-14-24(2)33(23)31-21-27-17-7-9-19-29(27)35(37(31)39-5)36-30-20-10-8-18-28(30)22-32(38(36)40-6)34-25(3)15-12-16-26(34)4/h7-22H,1-6H3. The van der Waals surface area contributed by atoms with Gasteiger partial charge in [0.2, 0.25) is 0 Å². The molecule has 0 saturated carbocycles. The molecule has 0 aromatic heterocycles. The summed E-state index contributed by atoms with van der Waals surface area (Å²) in [5.74, 6) is 1.72. The van der Waals surface area contributed by atoms with E-state index < -0.39 is 0 Å². The van der Waals surface area contributed by atoms with Gasteiger partial charge in [-0.05, 0) is 94.8 Å². The van der Waals surface area contributed by atoms with Gasteiger partial charge < -0.3 is 9.47 Å². The Morgan fingerprint density at radius 2 is 0.750 bits per heavy atom. The van der Waals surface area contributed by atoms with Crippen molar-refractivity contribution in [1.82, 2.24) is 0 Å². The molecule has 2 heteroatoms. The molecule has 2 nitrogen and oxygen atoms in total. The van der Waals surface area contributed by atoms with Gasteiger partial charge in [0.05, 0.1) is 14.2 Å². The molecule has 0 bridgehead atoms. The molecule has 0 amide bonds. The zero-order valence-corrected chi connectivity index (χ0v) is 24.1. The first-order valence-electron chi connectivity index (χ1n) is 13.8. The number of rotatable bonds is 5. The summed E-state index contributed by atoms with van der Waals surface area (Å²) in [7, 11) is 3.57. The van der Waals surface area contributed by atoms with Crippen LogP contribution < -0.4 is 9.47 Å². The molecule has 0 saturated heterocycles. The normalized spacial score (nSPS) is 11.2. The third-order valence-electron chi connectivity index (χ3n) is 8.16. The van der Waals surface area contributed by atoms with Gasteiger partial charge in [0.15, 0.2) is 0 Å². The Balaban J connectivity index is 1.86. The molecule has 6 aromatic carbocycles. The van der Waals surface area contributed by atoms with Crippen LogP contribution in [0.5, 0.6) is 11.5 Å². The lowest BCUT2D eigenvalue weighted by Crippen LogP contribution is -2.00. The molecular formula is C38H34O2. The molecule has 0 aliphatic carbocycles. The lowest BCUT2D eigenvalue weighted by Gasteiger charge is -2.24. The average Bonchev–Trinajstić information content (AvgIpc) is 2.95. The van der Waals surface area contributed by atoms with Gasteiger partial charge in [-0.15, -0.1) is 0 Å². The summed E-state index contributed by atoms with van der Waals surface area (Å²) < 4.78 is 12.8. The highest BCUT2D eigenvalue weighted by molar-refractivity contribution is 6.14. The fourth-order valence-corrected chi connectivity index (χ4v) is 6.43. The lowest BCUT2D eigenvalue weighted by atomic mass is 9.84. The van der Waals surface area contributed by atoms with Crippen LogP contribution in [0.2, 0.25) is 0 Å². The summed E-state index contributed by atoms with van der Waals surface area (Å²) in [5.41, 5.74) is 11.6. The smallest absolute Gasteiger partial charge is 0.135 e. The minimum Gasteiger partial charge on any atom is -0.495 e. The van der Waals surface area contributed by atoms with Crippen molar-refractivity contribution in [2.24, 2.45) is 0 Å². The van der Waals surface area contributed by atoms with Gasteiger partial charge in [0, 0.05) is 22.3 Å². The second-order valence-electron chi connectivity index (χ2n) is 10.6. The molecule has 40 heavy (non-hydrogen) atoms. The van der Waals surface area contributed by atoms with Gasteiger partial charge in [0.1, 0.15) is 11.5 Å². The Bertz CT molecular complexity index is 1730. The predicted molar refractivity (Wildman–Crippen MR) is 170 cm³/mol. The highest BCUT2D eigenvalue weighted by Gasteiger charge is 2.26. The Morgan fingerprint density at radius 1 is 0.400 bits per heavy atom. The van der Waals surface area contributed by atoms with Crippen molar-refractivity contribution < 1.29 is 9.47 Å². The second-order valence-corrected chi connectivity index (χ2v) is 10.6. The van der Waals surface area contributed by atoms with E-state index in [1.165, 1.54) is 44.2 Å². The molecule has 0 aliphatic rings. The van der Waals surface area contributed by atoms with Gasteiger partial charge in [0.25, 0.3) is 0 Å². The van der Waals surface area contributed by atoms with E-state index in [-0.39, 0.29) is 0 Å². The van der Waals surface area contributed by atoms with Crippen LogP contribution in [-0.4, -0.2) is 14.2 Å². The maximum Gasteiger partial charge on any atom is 0.135 e. The number of fused-ring (bicyclic) bond motifs is 2. The molecule has 6 aromatic rings. The minimum atomic E-state index is 0.859. The van der Waals surface area contributed by atoms with Gasteiger partial charge >= 0.3 is 0 Å². The molecule has 0 atom stereocenters. The van der Waals surface area contributed by atoms with Crippen LogP contribution in [0.4, 0.5) is 0 Å². The first-order chi connectivity index (χ1) is 19.4. The highest BCUT2D eigenvalue weighted by atomic mass is 16.5. The van der Waals surface area contributed by atoms with Crippen LogP contribution >= 0.6 is 0 Å². The number of ether oxygens (including phenoxy) is 2. The minimum absolute atomic E-state index is 0.859. The zero-order chi connectivity index (χ0) is 28.0. The first kappa shape index (κ1) is 25.7. The third-order valence-corrected chi connectivity index (χ3v) is 8.16. The van der Waals surface area contributed by atoms with E-state index in [1.807, 2.05) is 0 Å². The van der Waals surface area contributed by atoms with Crippen LogP contribution in [-0.2, 0) is 0 Å².